The maximum absolute atomic E-state index is 13.0. The Labute approximate surface area is 147 Å². The van der Waals surface area contributed by atoms with E-state index in [9.17, 15) is 9.59 Å². The van der Waals surface area contributed by atoms with Crippen LogP contribution in [0.4, 0.5) is 0 Å². The van der Waals surface area contributed by atoms with Crippen LogP contribution in [-0.4, -0.2) is 27.3 Å². The summed E-state index contributed by atoms with van der Waals surface area (Å²) in [6, 6.07) is 3.81. The summed E-state index contributed by atoms with van der Waals surface area (Å²) >= 11 is 0. The molecular weight excluding hydrogens is 318 g/mol. The third-order valence-corrected chi connectivity index (χ3v) is 4.94. The van der Waals surface area contributed by atoms with Crippen molar-refractivity contribution in [2.45, 2.75) is 53.0 Å². The Morgan fingerprint density at radius 2 is 2.12 bits per heavy atom. The lowest BCUT2D eigenvalue weighted by atomic mass is 9.90. The number of hydrogen-bond acceptors (Lipinski definition) is 4. The second-order valence-electron chi connectivity index (χ2n) is 7.07. The van der Waals surface area contributed by atoms with Crippen molar-refractivity contribution in [2.75, 3.05) is 6.54 Å². The summed E-state index contributed by atoms with van der Waals surface area (Å²) in [5.41, 5.74) is 0.836. The predicted molar refractivity (Wildman–Crippen MR) is 94.3 cm³/mol. The van der Waals surface area contributed by atoms with E-state index in [4.69, 9.17) is 4.42 Å². The van der Waals surface area contributed by atoms with Crippen LogP contribution < -0.4 is 5.56 Å². The Bertz CT molecular complexity index is 837. The van der Waals surface area contributed by atoms with Crippen LogP contribution in [0.25, 0.3) is 0 Å². The van der Waals surface area contributed by atoms with E-state index in [1.165, 1.54) is 0 Å². The van der Waals surface area contributed by atoms with Crippen LogP contribution >= 0.6 is 0 Å². The van der Waals surface area contributed by atoms with Crippen LogP contribution in [0.5, 0.6) is 0 Å². The van der Waals surface area contributed by atoms with E-state index in [1.54, 1.807) is 13.8 Å². The summed E-state index contributed by atoms with van der Waals surface area (Å²) < 4.78 is 5.79. The van der Waals surface area contributed by atoms with Gasteiger partial charge in [-0.05, 0) is 51.7 Å². The molecule has 0 saturated carbocycles. The first kappa shape index (κ1) is 17.5. The van der Waals surface area contributed by atoms with Gasteiger partial charge in [-0.3, -0.25) is 9.59 Å². The van der Waals surface area contributed by atoms with E-state index in [-0.39, 0.29) is 23.9 Å². The molecule has 1 N–H and O–H groups in total. The van der Waals surface area contributed by atoms with Crippen LogP contribution in [0, 0.1) is 26.7 Å². The first-order valence-electron chi connectivity index (χ1n) is 8.77. The minimum absolute atomic E-state index is 0.0507. The van der Waals surface area contributed by atoms with E-state index in [2.05, 4.69) is 16.9 Å². The van der Waals surface area contributed by atoms with Gasteiger partial charge in [-0.25, -0.2) is 4.98 Å². The molecule has 134 valence electrons. The number of amides is 1. The molecule has 1 saturated heterocycles. The average molecular weight is 343 g/mol. The van der Waals surface area contributed by atoms with E-state index in [0.717, 1.165) is 24.4 Å². The molecule has 1 amide bonds. The first-order chi connectivity index (χ1) is 11.8. The predicted octanol–water partition coefficient (Wildman–Crippen LogP) is 2.83. The molecule has 0 aliphatic carbocycles. The zero-order chi connectivity index (χ0) is 18.1. The van der Waals surface area contributed by atoms with Crippen LogP contribution in [0.3, 0.4) is 0 Å². The van der Waals surface area contributed by atoms with Gasteiger partial charge in [0.15, 0.2) is 0 Å². The van der Waals surface area contributed by atoms with E-state index < -0.39 is 0 Å². The number of furan rings is 1. The van der Waals surface area contributed by atoms with Crippen molar-refractivity contribution in [1.29, 1.82) is 0 Å². The Kier molecular flexibility index (Phi) is 4.79. The van der Waals surface area contributed by atoms with Crippen molar-refractivity contribution in [1.82, 2.24) is 14.9 Å². The summed E-state index contributed by atoms with van der Waals surface area (Å²) in [6.07, 6.45) is 1.91. The fourth-order valence-electron chi connectivity index (χ4n) is 3.55. The molecular formula is C19H25N3O3. The summed E-state index contributed by atoms with van der Waals surface area (Å²) in [5, 5.41) is 0. The van der Waals surface area contributed by atoms with E-state index in [1.807, 2.05) is 24.0 Å². The molecule has 0 spiro atoms. The highest BCUT2D eigenvalue weighted by atomic mass is 16.3. The molecule has 3 rings (SSSR count). The lowest BCUT2D eigenvalue weighted by molar-refractivity contribution is -0.135. The second-order valence-corrected chi connectivity index (χ2v) is 7.07. The van der Waals surface area contributed by atoms with Gasteiger partial charge in [0.25, 0.3) is 5.56 Å². The highest BCUT2D eigenvalue weighted by Gasteiger charge is 2.33. The molecule has 1 aliphatic rings. The highest BCUT2D eigenvalue weighted by Crippen LogP contribution is 2.35. The van der Waals surface area contributed by atoms with Gasteiger partial charge in [0.05, 0.1) is 12.5 Å². The third-order valence-electron chi connectivity index (χ3n) is 4.94. The molecule has 2 aromatic heterocycles. The molecule has 3 heterocycles. The number of nitrogens with zero attached hydrogens (tertiary/aromatic N) is 2. The average Bonchev–Trinajstić information content (AvgIpc) is 2.97. The van der Waals surface area contributed by atoms with Crippen molar-refractivity contribution >= 4 is 5.91 Å². The smallest absolute Gasteiger partial charge is 0.254 e. The number of aromatic amines is 1. The molecule has 1 fully saturated rings. The van der Waals surface area contributed by atoms with Crippen molar-refractivity contribution in [3.8, 4) is 0 Å². The SMILES string of the molecule is Cc1nc(C)c(CC(=O)N2CC[C@H](C)C[C@H]2c2ccc(C)o2)c(=O)[nH]1. The number of carbonyl (C=O) groups is 1. The highest BCUT2D eigenvalue weighted by molar-refractivity contribution is 5.79. The summed E-state index contributed by atoms with van der Waals surface area (Å²) in [4.78, 5) is 34.0. The minimum atomic E-state index is -0.228. The molecule has 1 aliphatic heterocycles. The lowest BCUT2D eigenvalue weighted by Crippen LogP contribution is -2.42. The van der Waals surface area contributed by atoms with Crippen molar-refractivity contribution in [3.05, 3.63) is 51.1 Å². The summed E-state index contributed by atoms with van der Waals surface area (Å²) in [5.74, 6) is 2.71. The van der Waals surface area contributed by atoms with Gasteiger partial charge in [0.1, 0.15) is 17.3 Å². The fourth-order valence-corrected chi connectivity index (χ4v) is 3.55. The molecule has 6 nitrogen and oxygen atoms in total. The van der Waals surface area contributed by atoms with Crippen LogP contribution in [0.1, 0.15) is 54.4 Å². The normalized spacial score (nSPS) is 20.7. The lowest BCUT2D eigenvalue weighted by Gasteiger charge is -2.37. The monoisotopic (exact) mass is 343 g/mol. The number of hydrogen-bond donors (Lipinski definition) is 1. The van der Waals surface area contributed by atoms with Gasteiger partial charge in [-0.2, -0.15) is 0 Å². The summed E-state index contributed by atoms with van der Waals surface area (Å²) in [7, 11) is 0. The molecule has 25 heavy (non-hydrogen) atoms. The van der Waals surface area contributed by atoms with Crippen LogP contribution in [0.2, 0.25) is 0 Å². The van der Waals surface area contributed by atoms with Gasteiger partial charge in [0.2, 0.25) is 5.91 Å². The number of aryl methyl sites for hydroxylation is 3. The van der Waals surface area contributed by atoms with E-state index in [0.29, 0.717) is 29.5 Å². The number of likely N-dealkylation sites (tertiary alicyclic amines) is 1. The zero-order valence-corrected chi connectivity index (χ0v) is 15.3. The Morgan fingerprint density at radius 3 is 2.76 bits per heavy atom. The van der Waals surface area contributed by atoms with Crippen LogP contribution in [-0.2, 0) is 11.2 Å². The number of nitrogens with one attached hydrogen (secondary N) is 1. The molecule has 0 unspecified atom stereocenters. The minimum Gasteiger partial charge on any atom is -0.464 e. The molecule has 0 radical (unpaired) electrons. The number of rotatable bonds is 3. The van der Waals surface area contributed by atoms with Crippen LogP contribution in [0.15, 0.2) is 21.3 Å². The maximum Gasteiger partial charge on any atom is 0.254 e. The molecule has 0 bridgehead atoms. The molecule has 0 aromatic carbocycles. The van der Waals surface area contributed by atoms with Gasteiger partial charge in [0, 0.05) is 17.8 Å². The number of carbonyl (C=O) groups excluding carboxylic acids is 1. The van der Waals surface area contributed by atoms with Gasteiger partial charge in [-0.1, -0.05) is 6.92 Å². The van der Waals surface area contributed by atoms with Gasteiger partial charge >= 0.3 is 0 Å². The first-order valence-corrected chi connectivity index (χ1v) is 8.77. The Hall–Kier alpha value is -2.37. The quantitative estimate of drug-likeness (QED) is 0.929. The van der Waals surface area contributed by atoms with Crippen molar-refractivity contribution < 1.29 is 9.21 Å². The molecule has 2 atom stereocenters. The topological polar surface area (TPSA) is 79.2 Å². The third kappa shape index (κ3) is 3.67. The van der Waals surface area contributed by atoms with Crippen molar-refractivity contribution in [2.24, 2.45) is 5.92 Å². The second kappa shape index (κ2) is 6.86. The van der Waals surface area contributed by atoms with Gasteiger partial charge < -0.3 is 14.3 Å². The zero-order valence-electron chi connectivity index (χ0n) is 15.3. The Morgan fingerprint density at radius 1 is 1.36 bits per heavy atom. The fraction of sp³-hybridized carbons (Fsp3) is 0.526. The number of aromatic nitrogens is 2. The largest absolute Gasteiger partial charge is 0.464 e. The van der Waals surface area contributed by atoms with Crippen molar-refractivity contribution in [3.63, 3.8) is 0 Å². The number of piperidine rings is 1. The molecule has 2 aromatic rings. The molecule has 6 heteroatoms. The van der Waals surface area contributed by atoms with E-state index >= 15 is 0 Å². The standard InChI is InChI=1S/C19H25N3O3/c1-11-7-8-22(16(9-11)17-6-5-12(2)25-17)18(23)10-15-13(3)20-14(4)21-19(15)24/h5-6,11,16H,7-10H2,1-4H3,(H,20,21,24)/t11-,16-/m0/s1. The maximum atomic E-state index is 13.0. The summed E-state index contributed by atoms with van der Waals surface area (Å²) in [6.45, 7) is 8.30. The number of H-pyrrole nitrogens is 1. The Balaban J connectivity index is 1.86. The van der Waals surface area contributed by atoms with Gasteiger partial charge in [-0.15, -0.1) is 0 Å².